The summed E-state index contributed by atoms with van der Waals surface area (Å²) in [6, 6.07) is 6.62. The van der Waals surface area contributed by atoms with Crippen molar-refractivity contribution >= 4 is 10.9 Å². The maximum Gasteiger partial charge on any atom is 0.0707 e. The Labute approximate surface area is 91.2 Å². The van der Waals surface area contributed by atoms with Gasteiger partial charge in [-0.3, -0.25) is 4.98 Å². The van der Waals surface area contributed by atoms with Gasteiger partial charge in [-0.15, -0.1) is 0 Å². The topological polar surface area (TPSA) is 12.9 Å². The highest BCUT2D eigenvalue weighted by Crippen LogP contribution is 2.22. The van der Waals surface area contributed by atoms with Gasteiger partial charge in [-0.2, -0.15) is 0 Å². The smallest absolute Gasteiger partial charge is 0.0707 e. The van der Waals surface area contributed by atoms with E-state index in [-0.39, 0.29) is 0 Å². The average Bonchev–Trinajstić information content (AvgIpc) is 2.28. The molecule has 78 valence electrons. The first-order valence-electron chi connectivity index (χ1n) is 5.63. The third-order valence-corrected chi connectivity index (χ3v) is 3.04. The molecule has 0 unspecified atom stereocenters. The van der Waals surface area contributed by atoms with Gasteiger partial charge in [-0.25, -0.2) is 0 Å². The van der Waals surface area contributed by atoms with Crippen LogP contribution in [0.15, 0.2) is 24.4 Å². The van der Waals surface area contributed by atoms with Crippen molar-refractivity contribution in [2.24, 2.45) is 0 Å². The van der Waals surface area contributed by atoms with E-state index in [0.29, 0.717) is 0 Å². The normalized spacial score (nSPS) is 10.9. The Morgan fingerprint density at radius 3 is 2.40 bits per heavy atom. The minimum atomic E-state index is 1.09. The summed E-state index contributed by atoms with van der Waals surface area (Å²) in [5.74, 6) is 0. The van der Waals surface area contributed by atoms with E-state index in [9.17, 15) is 0 Å². The number of hydrogen-bond donors (Lipinski definition) is 0. The fraction of sp³-hybridized carbons (Fsp3) is 0.357. The molecule has 0 bridgehead atoms. The molecule has 0 atom stereocenters. The molecule has 0 aliphatic rings. The molecule has 1 heterocycles. The van der Waals surface area contributed by atoms with Gasteiger partial charge < -0.3 is 0 Å². The van der Waals surface area contributed by atoms with E-state index in [1.165, 1.54) is 22.1 Å². The van der Waals surface area contributed by atoms with Gasteiger partial charge in [0.2, 0.25) is 0 Å². The molecule has 0 saturated heterocycles. The summed E-state index contributed by atoms with van der Waals surface area (Å²) in [4.78, 5) is 4.43. The Kier molecular flexibility index (Phi) is 2.72. The first-order chi connectivity index (χ1) is 7.26. The largest absolute Gasteiger partial charge is 0.256 e. The van der Waals surface area contributed by atoms with Crippen molar-refractivity contribution in [2.45, 2.75) is 33.6 Å². The minimum Gasteiger partial charge on any atom is -0.256 e. The molecular weight excluding hydrogens is 182 g/mol. The summed E-state index contributed by atoms with van der Waals surface area (Å²) in [6.45, 7) is 6.57. The van der Waals surface area contributed by atoms with Crippen molar-refractivity contribution < 1.29 is 0 Å². The number of fused-ring (bicyclic) bond motifs is 1. The highest BCUT2D eigenvalue weighted by atomic mass is 14.6. The molecule has 0 amide bonds. The number of nitrogens with zero attached hydrogens (tertiary/aromatic N) is 1. The highest BCUT2D eigenvalue weighted by molar-refractivity contribution is 5.83. The summed E-state index contributed by atoms with van der Waals surface area (Å²) in [6.07, 6.45) is 4.09. The Bertz CT molecular complexity index is 486. The fourth-order valence-corrected chi connectivity index (χ4v) is 2.08. The van der Waals surface area contributed by atoms with E-state index in [2.05, 4.69) is 44.0 Å². The van der Waals surface area contributed by atoms with Crippen LogP contribution in [0.1, 0.15) is 30.5 Å². The van der Waals surface area contributed by atoms with Gasteiger partial charge in [0, 0.05) is 11.6 Å². The number of benzene rings is 1. The standard InChI is InChI=1S/C14H17N/c1-4-11-8-13-10(3)6-7-15-14(13)9-12(11)5-2/h6-9H,4-5H2,1-3H3. The van der Waals surface area contributed by atoms with Crippen LogP contribution in [-0.4, -0.2) is 4.98 Å². The fourth-order valence-electron chi connectivity index (χ4n) is 2.08. The summed E-state index contributed by atoms with van der Waals surface area (Å²) in [7, 11) is 0. The second-order valence-electron chi connectivity index (χ2n) is 3.97. The Morgan fingerprint density at radius 1 is 1.07 bits per heavy atom. The summed E-state index contributed by atoms with van der Waals surface area (Å²) in [5.41, 5.74) is 5.34. The lowest BCUT2D eigenvalue weighted by atomic mass is 9.98. The Hall–Kier alpha value is -1.37. The van der Waals surface area contributed by atoms with Crippen LogP contribution in [0.4, 0.5) is 0 Å². The molecule has 0 aliphatic carbocycles. The minimum absolute atomic E-state index is 1.09. The molecule has 0 spiro atoms. The van der Waals surface area contributed by atoms with Gasteiger partial charge in [0.25, 0.3) is 0 Å². The predicted molar refractivity (Wildman–Crippen MR) is 65.2 cm³/mol. The first-order valence-corrected chi connectivity index (χ1v) is 5.63. The van der Waals surface area contributed by atoms with E-state index in [4.69, 9.17) is 0 Å². The van der Waals surface area contributed by atoms with E-state index < -0.39 is 0 Å². The molecule has 0 radical (unpaired) electrons. The Morgan fingerprint density at radius 2 is 1.73 bits per heavy atom. The number of aryl methyl sites for hydroxylation is 3. The van der Waals surface area contributed by atoms with E-state index >= 15 is 0 Å². The molecule has 1 nitrogen and oxygen atoms in total. The van der Waals surface area contributed by atoms with Crippen LogP contribution in [0.2, 0.25) is 0 Å². The van der Waals surface area contributed by atoms with Crippen LogP contribution in [-0.2, 0) is 12.8 Å². The van der Waals surface area contributed by atoms with Crippen LogP contribution in [0.3, 0.4) is 0 Å². The first kappa shape index (κ1) is 10.2. The molecule has 1 aromatic carbocycles. The number of hydrogen-bond acceptors (Lipinski definition) is 1. The molecule has 0 fully saturated rings. The number of pyridine rings is 1. The highest BCUT2D eigenvalue weighted by Gasteiger charge is 2.04. The van der Waals surface area contributed by atoms with Crippen LogP contribution >= 0.6 is 0 Å². The van der Waals surface area contributed by atoms with Crippen LogP contribution in [0.25, 0.3) is 10.9 Å². The van der Waals surface area contributed by atoms with Gasteiger partial charge in [0.05, 0.1) is 5.52 Å². The molecule has 15 heavy (non-hydrogen) atoms. The van der Waals surface area contributed by atoms with Crippen molar-refractivity contribution in [3.63, 3.8) is 0 Å². The number of aromatic nitrogens is 1. The van der Waals surface area contributed by atoms with Gasteiger partial charge in [-0.1, -0.05) is 13.8 Å². The van der Waals surface area contributed by atoms with Crippen molar-refractivity contribution in [2.75, 3.05) is 0 Å². The van der Waals surface area contributed by atoms with Gasteiger partial charge in [0.15, 0.2) is 0 Å². The molecule has 0 aliphatic heterocycles. The van der Waals surface area contributed by atoms with Crippen LogP contribution < -0.4 is 0 Å². The molecule has 1 heteroatoms. The Balaban J connectivity index is 2.75. The second-order valence-corrected chi connectivity index (χ2v) is 3.97. The van der Waals surface area contributed by atoms with Crippen molar-refractivity contribution in [3.05, 3.63) is 41.1 Å². The monoisotopic (exact) mass is 199 g/mol. The third-order valence-electron chi connectivity index (χ3n) is 3.04. The molecule has 2 rings (SSSR count). The third kappa shape index (κ3) is 1.74. The van der Waals surface area contributed by atoms with Crippen molar-refractivity contribution in [3.8, 4) is 0 Å². The summed E-state index contributed by atoms with van der Waals surface area (Å²) >= 11 is 0. The summed E-state index contributed by atoms with van der Waals surface area (Å²) < 4.78 is 0. The van der Waals surface area contributed by atoms with E-state index in [1.54, 1.807) is 0 Å². The molecule has 1 aromatic heterocycles. The van der Waals surface area contributed by atoms with Crippen LogP contribution in [0, 0.1) is 6.92 Å². The van der Waals surface area contributed by atoms with Crippen LogP contribution in [0.5, 0.6) is 0 Å². The van der Waals surface area contributed by atoms with E-state index in [1.807, 2.05) is 6.20 Å². The van der Waals surface area contributed by atoms with Gasteiger partial charge in [-0.05, 0) is 54.7 Å². The molecule has 2 aromatic rings. The maximum absolute atomic E-state index is 4.43. The lowest BCUT2D eigenvalue weighted by molar-refractivity contribution is 1.04. The predicted octanol–water partition coefficient (Wildman–Crippen LogP) is 3.67. The lowest BCUT2D eigenvalue weighted by Crippen LogP contribution is -1.93. The van der Waals surface area contributed by atoms with Crippen molar-refractivity contribution in [1.29, 1.82) is 0 Å². The quantitative estimate of drug-likeness (QED) is 0.719. The maximum atomic E-state index is 4.43. The second kappa shape index (κ2) is 4.01. The van der Waals surface area contributed by atoms with Gasteiger partial charge in [0.1, 0.15) is 0 Å². The molecular formula is C14H17N. The lowest BCUT2D eigenvalue weighted by Gasteiger charge is -2.09. The zero-order chi connectivity index (χ0) is 10.8. The number of rotatable bonds is 2. The van der Waals surface area contributed by atoms with Crippen molar-refractivity contribution in [1.82, 2.24) is 4.98 Å². The average molecular weight is 199 g/mol. The van der Waals surface area contributed by atoms with E-state index in [0.717, 1.165) is 18.4 Å². The zero-order valence-electron chi connectivity index (χ0n) is 9.67. The molecule has 0 N–H and O–H groups in total. The SMILES string of the molecule is CCc1cc2nccc(C)c2cc1CC. The van der Waals surface area contributed by atoms with Gasteiger partial charge >= 0.3 is 0 Å². The molecule has 0 saturated carbocycles. The summed E-state index contributed by atoms with van der Waals surface area (Å²) in [5, 5.41) is 1.30. The zero-order valence-corrected chi connectivity index (χ0v) is 9.67.